The molecule has 0 aliphatic heterocycles. The molecule has 2 N–H and O–H groups in total. The lowest BCUT2D eigenvalue weighted by atomic mass is 10.1. The Morgan fingerprint density at radius 2 is 1.88 bits per heavy atom. The molecule has 3 rings (SSSR count). The van der Waals surface area contributed by atoms with Crippen LogP contribution in [-0.4, -0.2) is 10.9 Å². The summed E-state index contributed by atoms with van der Waals surface area (Å²) >= 11 is 0. The molecular weight excluding hydrogens is 336 g/mol. The minimum absolute atomic E-state index is 0.181. The number of nitrogens with one attached hydrogen (secondary N) is 2. The lowest BCUT2D eigenvalue weighted by Gasteiger charge is -2.09. The number of anilines is 2. The zero-order valence-electron chi connectivity index (χ0n) is 14.1. The third-order valence-corrected chi connectivity index (χ3v) is 3.76. The number of benzene rings is 2. The van der Waals surface area contributed by atoms with Gasteiger partial charge < -0.3 is 10.6 Å². The molecule has 4 nitrogen and oxygen atoms in total. The van der Waals surface area contributed by atoms with Gasteiger partial charge in [0, 0.05) is 30.1 Å². The average molecular weight is 353 g/mol. The van der Waals surface area contributed by atoms with Gasteiger partial charge in [-0.2, -0.15) is 0 Å². The Hall–Kier alpha value is -3.28. The van der Waals surface area contributed by atoms with E-state index in [2.05, 4.69) is 21.7 Å². The van der Waals surface area contributed by atoms with Gasteiger partial charge in [-0.15, -0.1) is 0 Å². The topological polar surface area (TPSA) is 54.0 Å². The highest BCUT2D eigenvalue weighted by Gasteiger charge is 2.09. The highest BCUT2D eigenvalue weighted by Crippen LogP contribution is 2.15. The molecule has 1 aromatic heterocycles. The van der Waals surface area contributed by atoms with Gasteiger partial charge in [0.05, 0.1) is 0 Å². The number of halogens is 2. The van der Waals surface area contributed by atoms with E-state index in [4.69, 9.17) is 0 Å². The number of carbonyl (C=O) groups is 1. The van der Waals surface area contributed by atoms with Crippen LogP contribution in [0.2, 0.25) is 0 Å². The van der Waals surface area contributed by atoms with E-state index in [0.29, 0.717) is 17.9 Å². The molecule has 132 valence electrons. The molecule has 0 aliphatic carbocycles. The van der Waals surface area contributed by atoms with Crippen LogP contribution in [0.15, 0.2) is 60.8 Å². The minimum atomic E-state index is -1.02. The molecule has 0 unspecified atom stereocenters. The first-order valence-corrected chi connectivity index (χ1v) is 8.03. The van der Waals surface area contributed by atoms with E-state index in [1.54, 1.807) is 12.1 Å². The maximum absolute atomic E-state index is 13.2. The van der Waals surface area contributed by atoms with Crippen molar-refractivity contribution in [2.24, 2.45) is 0 Å². The number of carbonyl (C=O) groups excluding carboxylic acids is 1. The molecule has 0 fully saturated rings. The number of hydrogen-bond acceptors (Lipinski definition) is 3. The molecule has 0 saturated carbocycles. The van der Waals surface area contributed by atoms with Gasteiger partial charge in [-0.1, -0.05) is 29.8 Å². The predicted octanol–water partition coefficient (Wildman–Crippen LogP) is 4.53. The van der Waals surface area contributed by atoms with Gasteiger partial charge in [-0.25, -0.2) is 13.8 Å². The average Bonchev–Trinajstić information content (AvgIpc) is 2.63. The molecule has 26 heavy (non-hydrogen) atoms. The number of nitrogens with zero attached hydrogens (tertiary/aromatic N) is 1. The van der Waals surface area contributed by atoms with Crippen molar-refractivity contribution in [1.29, 1.82) is 0 Å². The fourth-order valence-corrected chi connectivity index (χ4v) is 2.46. The summed E-state index contributed by atoms with van der Waals surface area (Å²) in [6.07, 6.45) is 1.51. The van der Waals surface area contributed by atoms with E-state index in [1.807, 2.05) is 25.1 Å². The second kappa shape index (κ2) is 7.74. The summed E-state index contributed by atoms with van der Waals surface area (Å²) < 4.78 is 26.2. The van der Waals surface area contributed by atoms with Gasteiger partial charge in [0.2, 0.25) is 0 Å². The molecule has 2 aromatic carbocycles. The fourth-order valence-electron chi connectivity index (χ4n) is 2.46. The van der Waals surface area contributed by atoms with Crippen LogP contribution >= 0.6 is 0 Å². The number of amides is 1. The smallest absolute Gasteiger partial charge is 0.255 e. The fraction of sp³-hybridized carbons (Fsp3) is 0.100. The second-order valence-corrected chi connectivity index (χ2v) is 5.86. The Morgan fingerprint density at radius 1 is 1.04 bits per heavy atom. The van der Waals surface area contributed by atoms with Gasteiger partial charge in [0.1, 0.15) is 5.82 Å². The molecule has 1 amide bonds. The number of hydrogen-bond donors (Lipinski definition) is 2. The van der Waals surface area contributed by atoms with Crippen LogP contribution in [0, 0.1) is 18.6 Å². The Labute approximate surface area is 149 Å². The number of pyridine rings is 1. The van der Waals surface area contributed by atoms with Crippen molar-refractivity contribution in [3.63, 3.8) is 0 Å². The first-order valence-electron chi connectivity index (χ1n) is 8.03. The lowest BCUT2D eigenvalue weighted by Crippen LogP contribution is -2.13. The van der Waals surface area contributed by atoms with Crippen molar-refractivity contribution in [2.45, 2.75) is 13.5 Å². The predicted molar refractivity (Wildman–Crippen MR) is 97.1 cm³/mol. The van der Waals surface area contributed by atoms with Crippen LogP contribution in [0.1, 0.15) is 21.5 Å². The van der Waals surface area contributed by atoms with Crippen molar-refractivity contribution in [1.82, 2.24) is 4.98 Å². The largest absolute Gasteiger partial charge is 0.366 e. The normalized spacial score (nSPS) is 10.4. The molecule has 6 heteroatoms. The number of aromatic nitrogens is 1. The van der Waals surface area contributed by atoms with Gasteiger partial charge in [0.15, 0.2) is 11.6 Å². The first-order chi connectivity index (χ1) is 12.5. The molecule has 3 aromatic rings. The maximum Gasteiger partial charge on any atom is 0.255 e. The monoisotopic (exact) mass is 353 g/mol. The van der Waals surface area contributed by atoms with Crippen LogP contribution in [0.5, 0.6) is 0 Å². The first kappa shape index (κ1) is 17.5. The SMILES string of the molecule is Cc1cccc(CNc2cc(C(=O)Nc3ccc(F)c(F)c3)ccn2)c1. The van der Waals surface area contributed by atoms with Gasteiger partial charge in [-0.05, 0) is 36.8 Å². The summed E-state index contributed by atoms with van der Waals surface area (Å²) in [5.41, 5.74) is 2.80. The zero-order chi connectivity index (χ0) is 18.5. The van der Waals surface area contributed by atoms with Gasteiger partial charge in [0.25, 0.3) is 5.91 Å². The lowest BCUT2D eigenvalue weighted by molar-refractivity contribution is 0.102. The molecule has 0 saturated heterocycles. The quantitative estimate of drug-likeness (QED) is 0.708. The maximum atomic E-state index is 13.2. The van der Waals surface area contributed by atoms with Gasteiger partial charge >= 0.3 is 0 Å². The third kappa shape index (κ3) is 4.42. The summed E-state index contributed by atoms with van der Waals surface area (Å²) in [5, 5.41) is 5.70. The van der Waals surface area contributed by atoms with E-state index < -0.39 is 17.5 Å². The molecule has 0 spiro atoms. The highest BCUT2D eigenvalue weighted by molar-refractivity contribution is 6.04. The van der Waals surface area contributed by atoms with E-state index in [1.165, 1.54) is 12.3 Å². The summed E-state index contributed by atoms with van der Waals surface area (Å²) in [6.45, 7) is 2.59. The van der Waals surface area contributed by atoms with E-state index in [-0.39, 0.29) is 5.69 Å². The molecule has 1 heterocycles. The van der Waals surface area contributed by atoms with Gasteiger partial charge in [-0.3, -0.25) is 4.79 Å². The Balaban J connectivity index is 1.67. The van der Waals surface area contributed by atoms with Crippen molar-refractivity contribution in [3.05, 3.63) is 89.1 Å². The zero-order valence-corrected chi connectivity index (χ0v) is 14.1. The molecule has 0 radical (unpaired) electrons. The Bertz CT molecular complexity index is 944. The van der Waals surface area contributed by atoms with Crippen molar-refractivity contribution < 1.29 is 13.6 Å². The standard InChI is InChI=1S/C20H17F2N3O/c1-13-3-2-4-14(9-13)12-24-19-10-15(7-8-23-19)20(26)25-16-5-6-17(21)18(22)11-16/h2-11H,12H2,1H3,(H,23,24)(H,25,26). The molecular formula is C20H17F2N3O. The summed E-state index contributed by atoms with van der Waals surface area (Å²) in [5.74, 6) is -1.87. The highest BCUT2D eigenvalue weighted by atomic mass is 19.2. The number of aryl methyl sites for hydroxylation is 1. The van der Waals surface area contributed by atoms with Crippen molar-refractivity contribution >= 4 is 17.4 Å². The van der Waals surface area contributed by atoms with E-state index in [9.17, 15) is 13.6 Å². The van der Waals surface area contributed by atoms with Crippen molar-refractivity contribution in [2.75, 3.05) is 10.6 Å². The van der Waals surface area contributed by atoms with Crippen LogP contribution < -0.4 is 10.6 Å². The minimum Gasteiger partial charge on any atom is -0.366 e. The van der Waals surface area contributed by atoms with Crippen LogP contribution in [0.4, 0.5) is 20.3 Å². The summed E-state index contributed by atoms with van der Waals surface area (Å²) in [7, 11) is 0. The second-order valence-electron chi connectivity index (χ2n) is 5.86. The number of rotatable bonds is 5. The van der Waals surface area contributed by atoms with E-state index >= 15 is 0 Å². The van der Waals surface area contributed by atoms with E-state index in [0.717, 1.165) is 23.3 Å². The molecule has 0 bridgehead atoms. The summed E-state index contributed by atoms with van der Waals surface area (Å²) in [6, 6.07) is 14.4. The Kier molecular flexibility index (Phi) is 5.22. The molecule has 0 atom stereocenters. The van der Waals surface area contributed by atoms with Crippen molar-refractivity contribution in [3.8, 4) is 0 Å². The van der Waals surface area contributed by atoms with Crippen LogP contribution in [0.25, 0.3) is 0 Å². The Morgan fingerprint density at radius 3 is 2.65 bits per heavy atom. The summed E-state index contributed by atoms with van der Waals surface area (Å²) in [4.78, 5) is 16.5. The third-order valence-electron chi connectivity index (χ3n) is 3.76. The molecule has 0 aliphatic rings. The van der Waals surface area contributed by atoms with Crippen LogP contribution in [0.3, 0.4) is 0 Å². The van der Waals surface area contributed by atoms with Crippen LogP contribution in [-0.2, 0) is 6.54 Å².